The molecular weight excluding hydrogens is 248 g/mol. The third-order valence-electron chi connectivity index (χ3n) is 3.95. The van der Waals surface area contributed by atoms with Crippen LogP contribution in [0.4, 0.5) is 4.79 Å². The van der Waals surface area contributed by atoms with Gasteiger partial charge in [-0.3, -0.25) is 0 Å². The molecule has 0 spiro atoms. The number of aliphatic hydroxyl groups is 1. The number of carbonyl (C=O) groups excluding carboxylic acids is 1. The van der Waals surface area contributed by atoms with Gasteiger partial charge in [-0.05, 0) is 18.3 Å². The van der Waals surface area contributed by atoms with E-state index >= 15 is 0 Å². The largest absolute Gasteiger partial charge is 0.480 e. The zero-order valence-corrected chi connectivity index (χ0v) is 11.5. The highest BCUT2D eigenvalue weighted by Crippen LogP contribution is 2.25. The van der Waals surface area contributed by atoms with E-state index in [2.05, 4.69) is 13.8 Å². The second kappa shape index (κ2) is 5.36. The zero-order chi connectivity index (χ0) is 14.2. The van der Waals surface area contributed by atoms with Gasteiger partial charge in [-0.1, -0.05) is 13.8 Å². The smallest absolute Gasteiger partial charge is 0.326 e. The van der Waals surface area contributed by atoms with Crippen molar-refractivity contribution in [3.8, 4) is 0 Å². The van der Waals surface area contributed by atoms with Crippen LogP contribution in [0.25, 0.3) is 0 Å². The maximum Gasteiger partial charge on any atom is 0.326 e. The lowest BCUT2D eigenvalue weighted by Crippen LogP contribution is -2.52. The Kier molecular flexibility index (Phi) is 3.99. The van der Waals surface area contributed by atoms with Crippen molar-refractivity contribution in [1.29, 1.82) is 0 Å². The van der Waals surface area contributed by atoms with E-state index in [0.29, 0.717) is 24.9 Å². The first-order valence-electron chi connectivity index (χ1n) is 6.85. The van der Waals surface area contributed by atoms with Crippen molar-refractivity contribution in [2.75, 3.05) is 19.6 Å². The van der Waals surface area contributed by atoms with E-state index < -0.39 is 18.1 Å². The molecule has 6 nitrogen and oxygen atoms in total. The summed E-state index contributed by atoms with van der Waals surface area (Å²) in [4.78, 5) is 26.6. The second-order valence-corrected chi connectivity index (χ2v) is 6.03. The number of aliphatic carboxylic acids is 1. The molecule has 2 N–H and O–H groups in total. The van der Waals surface area contributed by atoms with Crippen molar-refractivity contribution >= 4 is 12.0 Å². The fraction of sp³-hybridized carbons (Fsp3) is 0.846. The van der Waals surface area contributed by atoms with Gasteiger partial charge in [0.05, 0.1) is 6.10 Å². The van der Waals surface area contributed by atoms with Crippen molar-refractivity contribution in [1.82, 2.24) is 9.80 Å². The molecular formula is C13H22N2O4. The van der Waals surface area contributed by atoms with Crippen molar-refractivity contribution in [3.05, 3.63) is 0 Å². The highest BCUT2D eigenvalue weighted by atomic mass is 16.4. The van der Waals surface area contributed by atoms with Crippen LogP contribution < -0.4 is 0 Å². The van der Waals surface area contributed by atoms with Crippen LogP contribution in [0.1, 0.15) is 26.7 Å². The van der Waals surface area contributed by atoms with Gasteiger partial charge < -0.3 is 20.0 Å². The van der Waals surface area contributed by atoms with Gasteiger partial charge in [0.15, 0.2) is 0 Å². The predicted molar refractivity (Wildman–Crippen MR) is 68.7 cm³/mol. The first-order valence-corrected chi connectivity index (χ1v) is 6.85. The molecule has 0 radical (unpaired) electrons. The van der Waals surface area contributed by atoms with Crippen molar-refractivity contribution in [2.24, 2.45) is 11.8 Å². The van der Waals surface area contributed by atoms with Crippen LogP contribution in [0.5, 0.6) is 0 Å². The molecule has 2 aliphatic rings. The average molecular weight is 270 g/mol. The van der Waals surface area contributed by atoms with Gasteiger partial charge in [-0.25, -0.2) is 9.59 Å². The standard InChI is InChI=1S/C13H22N2O4/c1-8-3-9(2)6-14(5-8)13(19)15-7-10(16)4-11(15)12(17)18/h8-11,16H,3-7H2,1-2H3,(H,17,18)/t8?,9?,10?,11-/m0/s1. The number of aliphatic hydroxyl groups excluding tert-OH is 1. The number of hydrogen-bond acceptors (Lipinski definition) is 3. The van der Waals surface area contributed by atoms with E-state index in [4.69, 9.17) is 5.11 Å². The molecule has 0 aliphatic carbocycles. The summed E-state index contributed by atoms with van der Waals surface area (Å²) >= 11 is 0. The molecule has 2 rings (SSSR count). The molecule has 3 unspecified atom stereocenters. The van der Waals surface area contributed by atoms with Gasteiger partial charge >= 0.3 is 12.0 Å². The molecule has 2 fully saturated rings. The summed E-state index contributed by atoms with van der Waals surface area (Å²) in [6.07, 6.45) is 0.485. The molecule has 0 aromatic rings. The summed E-state index contributed by atoms with van der Waals surface area (Å²) in [5, 5.41) is 18.7. The Morgan fingerprint density at radius 3 is 2.16 bits per heavy atom. The lowest BCUT2D eigenvalue weighted by Gasteiger charge is -2.38. The minimum Gasteiger partial charge on any atom is -0.480 e. The quantitative estimate of drug-likeness (QED) is 0.731. The van der Waals surface area contributed by atoms with Crippen molar-refractivity contribution in [2.45, 2.75) is 38.8 Å². The van der Waals surface area contributed by atoms with Gasteiger partial charge in [0.25, 0.3) is 0 Å². The monoisotopic (exact) mass is 270 g/mol. The van der Waals surface area contributed by atoms with Crippen LogP contribution in [0.3, 0.4) is 0 Å². The van der Waals surface area contributed by atoms with Gasteiger partial charge in [-0.2, -0.15) is 0 Å². The lowest BCUT2D eigenvalue weighted by molar-refractivity contribution is -0.141. The molecule has 0 saturated carbocycles. The second-order valence-electron chi connectivity index (χ2n) is 6.03. The van der Waals surface area contributed by atoms with Crippen molar-refractivity contribution in [3.63, 3.8) is 0 Å². The topological polar surface area (TPSA) is 81.1 Å². The first-order chi connectivity index (χ1) is 8.88. The number of β-amino-alcohol motifs (C(OH)–C–C–N with tert-alkyl or cyclic N) is 1. The molecule has 2 heterocycles. The molecule has 0 aromatic carbocycles. The molecule has 2 amide bonds. The minimum atomic E-state index is -1.04. The van der Waals surface area contributed by atoms with E-state index in [0.717, 1.165) is 6.42 Å². The van der Waals surface area contributed by atoms with E-state index in [1.807, 2.05) is 0 Å². The number of amides is 2. The number of urea groups is 1. The Balaban J connectivity index is 2.07. The predicted octanol–water partition coefficient (Wildman–Crippen LogP) is 0.604. The fourth-order valence-electron chi connectivity index (χ4n) is 3.26. The Bertz CT molecular complexity index is 364. The van der Waals surface area contributed by atoms with Crippen molar-refractivity contribution < 1.29 is 19.8 Å². The van der Waals surface area contributed by atoms with E-state index in [-0.39, 0.29) is 19.0 Å². The highest BCUT2D eigenvalue weighted by Gasteiger charge is 2.41. The summed E-state index contributed by atoms with van der Waals surface area (Å²) in [7, 11) is 0. The van der Waals surface area contributed by atoms with Crippen LogP contribution in [0, 0.1) is 11.8 Å². The number of nitrogens with zero attached hydrogens (tertiary/aromatic N) is 2. The number of piperidine rings is 1. The molecule has 2 aliphatic heterocycles. The van der Waals surface area contributed by atoms with Crippen LogP contribution in [0.15, 0.2) is 0 Å². The number of carbonyl (C=O) groups is 2. The van der Waals surface area contributed by atoms with E-state index in [9.17, 15) is 14.7 Å². The molecule has 4 atom stereocenters. The maximum atomic E-state index is 12.4. The van der Waals surface area contributed by atoms with Crippen LogP contribution in [-0.2, 0) is 4.79 Å². The zero-order valence-electron chi connectivity index (χ0n) is 11.5. The average Bonchev–Trinajstić information content (AvgIpc) is 2.69. The molecule has 6 heteroatoms. The summed E-state index contributed by atoms with van der Waals surface area (Å²) < 4.78 is 0. The van der Waals surface area contributed by atoms with Gasteiger partial charge in [0, 0.05) is 26.1 Å². The summed E-state index contributed by atoms with van der Waals surface area (Å²) in [5.41, 5.74) is 0. The van der Waals surface area contributed by atoms with Gasteiger partial charge in [-0.15, -0.1) is 0 Å². The number of carboxylic acids is 1. The van der Waals surface area contributed by atoms with Gasteiger partial charge in [0.2, 0.25) is 0 Å². The number of likely N-dealkylation sites (tertiary alicyclic amines) is 2. The van der Waals surface area contributed by atoms with E-state index in [1.54, 1.807) is 4.90 Å². The van der Waals surface area contributed by atoms with Crippen LogP contribution in [0.2, 0.25) is 0 Å². The maximum absolute atomic E-state index is 12.4. The Labute approximate surface area is 113 Å². The third-order valence-corrected chi connectivity index (χ3v) is 3.95. The Morgan fingerprint density at radius 1 is 1.05 bits per heavy atom. The first kappa shape index (κ1) is 14.1. The molecule has 19 heavy (non-hydrogen) atoms. The normalized spacial score (nSPS) is 35.5. The molecule has 108 valence electrons. The summed E-state index contributed by atoms with van der Waals surface area (Å²) in [6, 6.07) is -1.14. The van der Waals surface area contributed by atoms with Gasteiger partial charge in [0.1, 0.15) is 6.04 Å². The Hall–Kier alpha value is -1.30. The number of carboxylic acid groups (broad SMARTS) is 1. The van der Waals surface area contributed by atoms with Crippen LogP contribution >= 0.6 is 0 Å². The molecule has 2 saturated heterocycles. The summed E-state index contributed by atoms with van der Waals surface area (Å²) in [6.45, 7) is 5.66. The number of rotatable bonds is 1. The SMILES string of the molecule is CC1CC(C)CN(C(=O)N2CC(O)C[C@H]2C(=O)O)C1. The van der Waals surface area contributed by atoms with Crippen LogP contribution in [-0.4, -0.2) is 63.8 Å². The molecule has 0 bridgehead atoms. The number of hydrogen-bond donors (Lipinski definition) is 2. The third kappa shape index (κ3) is 3.00. The molecule has 0 aromatic heterocycles. The minimum absolute atomic E-state index is 0.120. The lowest BCUT2D eigenvalue weighted by atomic mass is 9.92. The fourth-order valence-corrected chi connectivity index (χ4v) is 3.26. The summed E-state index contributed by atoms with van der Waals surface area (Å²) in [5.74, 6) is -0.171. The highest BCUT2D eigenvalue weighted by molar-refractivity contribution is 5.83. The Morgan fingerprint density at radius 2 is 1.63 bits per heavy atom. The van der Waals surface area contributed by atoms with E-state index in [1.165, 1.54) is 4.90 Å².